The summed E-state index contributed by atoms with van der Waals surface area (Å²) >= 11 is 0. The summed E-state index contributed by atoms with van der Waals surface area (Å²) < 4.78 is 33.0. The van der Waals surface area contributed by atoms with Gasteiger partial charge in [-0.05, 0) is 43.9 Å². The highest BCUT2D eigenvalue weighted by Crippen LogP contribution is 2.31. The number of pyridine rings is 1. The van der Waals surface area contributed by atoms with Gasteiger partial charge in [-0.25, -0.2) is 9.78 Å². The summed E-state index contributed by atoms with van der Waals surface area (Å²) in [7, 11) is 1.31. The van der Waals surface area contributed by atoms with Gasteiger partial charge in [-0.2, -0.15) is 0 Å². The number of esters is 5. The van der Waals surface area contributed by atoms with Gasteiger partial charge in [-0.1, -0.05) is 68.8 Å². The Bertz CT molecular complexity index is 1730. The molecule has 0 spiro atoms. The monoisotopic (exact) mass is 732 g/mol. The summed E-state index contributed by atoms with van der Waals surface area (Å²) in [5.41, 5.74) is 0.386. The Morgan fingerprint density at radius 2 is 1.51 bits per heavy atom. The number of carbonyl (C=O) groups excluding carboxylic acids is 6. The van der Waals surface area contributed by atoms with E-state index in [2.05, 4.69) is 10.3 Å². The van der Waals surface area contributed by atoms with E-state index in [0.717, 1.165) is 5.56 Å². The molecule has 4 atom stereocenters. The van der Waals surface area contributed by atoms with Crippen LogP contribution in [-0.2, 0) is 44.6 Å². The van der Waals surface area contributed by atoms with E-state index in [9.17, 15) is 28.8 Å². The fourth-order valence-electron chi connectivity index (χ4n) is 5.38. The van der Waals surface area contributed by atoms with E-state index in [-0.39, 0.29) is 42.4 Å². The zero-order valence-electron chi connectivity index (χ0n) is 30.1. The molecule has 4 rings (SSSR count). The highest BCUT2D eigenvalue weighted by atomic mass is 16.6. The van der Waals surface area contributed by atoms with Crippen LogP contribution in [-0.4, -0.2) is 72.7 Å². The minimum absolute atomic E-state index is 0.0258. The van der Waals surface area contributed by atoms with Crippen LogP contribution in [0.5, 0.6) is 17.2 Å². The second kappa shape index (κ2) is 19.7. The third kappa shape index (κ3) is 11.9. The summed E-state index contributed by atoms with van der Waals surface area (Å²) in [6.45, 7) is 4.15. The van der Waals surface area contributed by atoms with Crippen LogP contribution in [0, 0.1) is 11.8 Å². The van der Waals surface area contributed by atoms with E-state index < -0.39 is 66.5 Å². The molecular formula is C39H44N2O12. The number of cyclic esters (lactones) is 2. The lowest BCUT2D eigenvalue weighted by molar-refractivity contribution is -0.176. The second-order valence-electron chi connectivity index (χ2n) is 12.7. The summed E-state index contributed by atoms with van der Waals surface area (Å²) in [4.78, 5) is 82.2. The molecule has 1 saturated heterocycles. The largest absolute Gasteiger partial charge is 0.493 e. The first-order valence-electron chi connectivity index (χ1n) is 17.4. The van der Waals surface area contributed by atoms with Crippen LogP contribution in [0.1, 0.15) is 68.9 Å². The Morgan fingerprint density at radius 1 is 0.868 bits per heavy atom. The molecule has 282 valence electrons. The van der Waals surface area contributed by atoms with Crippen LogP contribution < -0.4 is 19.5 Å². The van der Waals surface area contributed by atoms with E-state index in [1.54, 1.807) is 62.4 Å². The summed E-state index contributed by atoms with van der Waals surface area (Å²) in [6, 6.07) is 17.6. The lowest BCUT2D eigenvalue weighted by Crippen LogP contribution is -2.47. The fraction of sp³-hybridized carbons (Fsp3) is 0.410. The molecule has 2 aromatic carbocycles. The molecule has 0 saturated carbocycles. The van der Waals surface area contributed by atoms with Crippen LogP contribution in [0.3, 0.4) is 0 Å². The number of amides is 1. The molecule has 2 heterocycles. The summed E-state index contributed by atoms with van der Waals surface area (Å²) in [6.07, 6.45) is 0.608. The minimum Gasteiger partial charge on any atom is -0.493 e. The molecule has 1 aliphatic rings. The number of rotatable bonds is 15. The number of nitrogens with zero attached hydrogens (tertiary/aromatic N) is 1. The standard InChI is InChI=1S/C39H44N2O12/c1-24(2)37(45)53-34-25(3)50-39(47)29(23-49-38(46)28(34)22-26-14-8-5-9-15-26)41-36(44)33-35(30(48-4)20-21-40-33)52-32(43)19-13-7-12-18-31(42)51-27-16-10-6-11-17-27/h5-6,8-11,14-17,20-21,24-25,28-29,34H,7,12-13,18-19,22-23H2,1-4H3,(H,41,44)/t25-,28+,29-,34-/m0/s1. The van der Waals surface area contributed by atoms with Crippen molar-refractivity contribution in [2.45, 2.75) is 77.5 Å². The normalized spacial score (nSPS) is 18.7. The predicted molar refractivity (Wildman–Crippen MR) is 188 cm³/mol. The van der Waals surface area contributed by atoms with Gasteiger partial charge in [0.05, 0.1) is 13.0 Å². The fourth-order valence-corrected chi connectivity index (χ4v) is 5.38. The van der Waals surface area contributed by atoms with Crippen LogP contribution in [0.2, 0.25) is 0 Å². The molecule has 14 heteroatoms. The number of carbonyl (C=O) groups is 6. The van der Waals surface area contributed by atoms with E-state index in [4.69, 9.17) is 28.4 Å². The molecule has 0 radical (unpaired) electrons. The SMILES string of the molecule is COc1ccnc(C(=O)N[C@H]2COC(=O)[C@H](Cc3ccccc3)[C@@H](OC(=O)C(C)C)[C@H](C)OC2=O)c1OC(=O)CCCCCC(=O)Oc1ccccc1. The van der Waals surface area contributed by atoms with Crippen LogP contribution in [0.15, 0.2) is 72.9 Å². The molecule has 0 unspecified atom stereocenters. The van der Waals surface area contributed by atoms with Gasteiger partial charge in [-0.3, -0.25) is 24.0 Å². The van der Waals surface area contributed by atoms with Crippen molar-refractivity contribution in [3.05, 3.63) is 84.2 Å². The first kappa shape index (κ1) is 40.0. The molecule has 14 nitrogen and oxygen atoms in total. The molecule has 1 aliphatic heterocycles. The Morgan fingerprint density at radius 3 is 2.15 bits per heavy atom. The molecule has 53 heavy (non-hydrogen) atoms. The number of aromatic nitrogens is 1. The maximum absolute atomic E-state index is 13.6. The number of benzene rings is 2. The van der Waals surface area contributed by atoms with Crippen molar-refractivity contribution >= 4 is 35.8 Å². The van der Waals surface area contributed by atoms with E-state index in [0.29, 0.717) is 25.0 Å². The van der Waals surface area contributed by atoms with Crippen molar-refractivity contribution in [2.24, 2.45) is 11.8 Å². The average Bonchev–Trinajstić information content (AvgIpc) is 3.17. The van der Waals surface area contributed by atoms with Crippen LogP contribution in [0.4, 0.5) is 0 Å². The van der Waals surface area contributed by atoms with Crippen molar-refractivity contribution in [1.29, 1.82) is 0 Å². The van der Waals surface area contributed by atoms with E-state index >= 15 is 0 Å². The van der Waals surface area contributed by atoms with Crippen LogP contribution in [0.25, 0.3) is 0 Å². The predicted octanol–water partition coefficient (Wildman–Crippen LogP) is 4.57. The zero-order valence-corrected chi connectivity index (χ0v) is 30.1. The molecule has 3 aromatic rings. The van der Waals surface area contributed by atoms with Gasteiger partial charge in [0.15, 0.2) is 23.6 Å². The van der Waals surface area contributed by atoms with Gasteiger partial charge in [0.25, 0.3) is 5.91 Å². The smallest absolute Gasteiger partial charge is 0.332 e. The van der Waals surface area contributed by atoms with E-state index in [1.165, 1.54) is 26.3 Å². The molecule has 0 aliphatic carbocycles. The van der Waals surface area contributed by atoms with Gasteiger partial charge < -0.3 is 33.7 Å². The van der Waals surface area contributed by atoms with Gasteiger partial charge in [0, 0.05) is 25.1 Å². The van der Waals surface area contributed by atoms with Crippen molar-refractivity contribution in [3.63, 3.8) is 0 Å². The summed E-state index contributed by atoms with van der Waals surface area (Å²) in [5, 5.41) is 2.46. The Kier molecular flexibility index (Phi) is 14.9. The third-order valence-electron chi connectivity index (χ3n) is 8.22. The van der Waals surface area contributed by atoms with Crippen molar-refractivity contribution < 1.29 is 57.2 Å². The number of ether oxygens (including phenoxy) is 6. The number of hydrogen-bond acceptors (Lipinski definition) is 13. The average molecular weight is 733 g/mol. The number of nitrogens with one attached hydrogen (secondary N) is 1. The second-order valence-corrected chi connectivity index (χ2v) is 12.7. The Labute approximate surface area is 307 Å². The third-order valence-corrected chi connectivity index (χ3v) is 8.22. The van der Waals surface area contributed by atoms with Gasteiger partial charge in [-0.15, -0.1) is 0 Å². The van der Waals surface area contributed by atoms with Crippen LogP contribution >= 0.6 is 0 Å². The molecule has 1 N–H and O–H groups in total. The van der Waals surface area contributed by atoms with E-state index in [1.807, 2.05) is 12.1 Å². The quantitative estimate of drug-likeness (QED) is 0.0994. The first-order chi connectivity index (χ1) is 25.5. The number of unbranched alkanes of at least 4 members (excludes halogenated alkanes) is 2. The van der Waals surface area contributed by atoms with Crippen molar-refractivity contribution in [3.8, 4) is 17.2 Å². The number of para-hydroxylation sites is 1. The lowest BCUT2D eigenvalue weighted by atomic mass is 9.91. The molecule has 0 bridgehead atoms. The van der Waals surface area contributed by atoms with Crippen molar-refractivity contribution in [1.82, 2.24) is 10.3 Å². The highest BCUT2D eigenvalue weighted by Gasteiger charge is 2.42. The molecule has 1 aromatic heterocycles. The topological polar surface area (TPSA) is 183 Å². The molecule has 1 amide bonds. The van der Waals surface area contributed by atoms with Crippen molar-refractivity contribution in [2.75, 3.05) is 13.7 Å². The minimum atomic E-state index is -1.50. The van der Waals surface area contributed by atoms with Gasteiger partial charge >= 0.3 is 29.8 Å². The maximum Gasteiger partial charge on any atom is 0.332 e. The number of methoxy groups -OCH3 is 1. The Hall–Kier alpha value is -5.79. The maximum atomic E-state index is 13.6. The molecular weight excluding hydrogens is 688 g/mol. The summed E-state index contributed by atoms with van der Waals surface area (Å²) in [5.74, 6) is -5.70. The van der Waals surface area contributed by atoms with Gasteiger partial charge in [0.2, 0.25) is 5.75 Å². The Balaban J connectivity index is 1.41. The van der Waals surface area contributed by atoms with Gasteiger partial charge in [0.1, 0.15) is 24.4 Å². The first-order valence-corrected chi connectivity index (χ1v) is 17.4. The molecule has 1 fully saturated rings. The highest BCUT2D eigenvalue weighted by molar-refractivity contribution is 5.99. The lowest BCUT2D eigenvalue weighted by Gasteiger charge is -2.29. The number of hydrogen-bond donors (Lipinski definition) is 1. The zero-order chi connectivity index (χ0) is 38.3.